The Morgan fingerprint density at radius 3 is 2.52 bits per heavy atom. The summed E-state index contributed by atoms with van der Waals surface area (Å²) in [5, 5.41) is 7.13. The molecule has 2 aromatic carbocycles. The van der Waals surface area contributed by atoms with E-state index >= 15 is 0 Å². The highest BCUT2D eigenvalue weighted by Crippen LogP contribution is 2.14. The highest BCUT2D eigenvalue weighted by molar-refractivity contribution is 6.30. The van der Waals surface area contributed by atoms with Crippen LogP contribution in [0, 0.1) is 0 Å². The molecule has 0 saturated carbocycles. The van der Waals surface area contributed by atoms with Crippen LogP contribution >= 0.6 is 11.6 Å². The molecule has 5 nitrogen and oxygen atoms in total. The summed E-state index contributed by atoms with van der Waals surface area (Å²) < 4.78 is 2.09. The van der Waals surface area contributed by atoms with Crippen molar-refractivity contribution in [1.29, 1.82) is 0 Å². The molecular weight excluding hydrogens is 338 g/mol. The van der Waals surface area contributed by atoms with E-state index in [9.17, 15) is 9.59 Å². The molecule has 3 aromatic rings. The van der Waals surface area contributed by atoms with Gasteiger partial charge in [-0.25, -0.2) is 0 Å². The maximum atomic E-state index is 11.9. The summed E-state index contributed by atoms with van der Waals surface area (Å²) in [6, 6.07) is 16.6. The summed E-state index contributed by atoms with van der Waals surface area (Å²) in [5.41, 5.74) is 1.60. The van der Waals surface area contributed by atoms with Gasteiger partial charge in [0.2, 0.25) is 5.91 Å². The molecule has 0 aliphatic rings. The van der Waals surface area contributed by atoms with E-state index in [0.717, 1.165) is 5.52 Å². The van der Waals surface area contributed by atoms with E-state index in [1.54, 1.807) is 24.3 Å². The molecule has 6 heteroatoms. The Morgan fingerprint density at radius 1 is 0.960 bits per heavy atom. The second kappa shape index (κ2) is 7.85. The van der Waals surface area contributed by atoms with Crippen molar-refractivity contribution < 1.29 is 9.59 Å². The van der Waals surface area contributed by atoms with Crippen LogP contribution in [-0.2, 0) is 11.3 Å². The lowest BCUT2D eigenvalue weighted by atomic mass is 10.2. The number of rotatable bonds is 6. The van der Waals surface area contributed by atoms with Crippen LogP contribution in [0.3, 0.4) is 0 Å². The van der Waals surface area contributed by atoms with E-state index in [1.165, 1.54) is 5.39 Å². The number of nitrogens with one attached hydrogen (secondary N) is 2. The fourth-order valence-corrected chi connectivity index (χ4v) is 2.70. The molecule has 25 heavy (non-hydrogen) atoms. The maximum absolute atomic E-state index is 11.9. The molecule has 0 atom stereocenters. The molecule has 2 amide bonds. The third-order valence-electron chi connectivity index (χ3n) is 3.87. The zero-order chi connectivity index (χ0) is 17.6. The lowest BCUT2D eigenvalue weighted by molar-refractivity contribution is -0.120. The predicted octanol–water partition coefficient (Wildman–Crippen LogP) is 2.84. The zero-order valence-electron chi connectivity index (χ0n) is 13.5. The first-order chi connectivity index (χ1) is 12.1. The summed E-state index contributed by atoms with van der Waals surface area (Å²) >= 11 is 5.78. The van der Waals surface area contributed by atoms with Crippen molar-refractivity contribution in [3.05, 3.63) is 71.4 Å². The lowest BCUT2D eigenvalue weighted by Crippen LogP contribution is -2.38. The molecule has 2 N–H and O–H groups in total. The van der Waals surface area contributed by atoms with Crippen LogP contribution in [-0.4, -0.2) is 29.5 Å². The molecule has 0 radical (unpaired) electrons. The molecule has 1 heterocycles. The van der Waals surface area contributed by atoms with E-state index in [2.05, 4.69) is 21.3 Å². The summed E-state index contributed by atoms with van der Waals surface area (Å²) in [4.78, 5) is 23.8. The van der Waals surface area contributed by atoms with Gasteiger partial charge in [-0.3, -0.25) is 9.59 Å². The van der Waals surface area contributed by atoms with Crippen molar-refractivity contribution in [2.45, 2.75) is 6.54 Å². The molecule has 0 aliphatic heterocycles. The first-order valence-corrected chi connectivity index (χ1v) is 8.35. The predicted molar refractivity (Wildman–Crippen MR) is 98.7 cm³/mol. The van der Waals surface area contributed by atoms with Gasteiger partial charge >= 0.3 is 0 Å². The second-order valence-corrected chi connectivity index (χ2v) is 6.04. The van der Waals surface area contributed by atoms with Crippen molar-refractivity contribution in [2.75, 3.05) is 13.1 Å². The highest BCUT2D eigenvalue weighted by atomic mass is 35.5. The second-order valence-electron chi connectivity index (χ2n) is 5.61. The molecule has 1 aromatic heterocycles. The van der Waals surface area contributed by atoms with Gasteiger partial charge in [0.25, 0.3) is 5.91 Å². The largest absolute Gasteiger partial charge is 0.353 e. The SMILES string of the molecule is O=C(CNC(=O)c1ccc(Cl)cc1)NCCn1ccc2ccccc21. The Labute approximate surface area is 150 Å². The van der Waals surface area contributed by atoms with Crippen molar-refractivity contribution in [3.63, 3.8) is 0 Å². The van der Waals surface area contributed by atoms with Gasteiger partial charge < -0.3 is 15.2 Å². The smallest absolute Gasteiger partial charge is 0.251 e. The summed E-state index contributed by atoms with van der Waals surface area (Å²) in [7, 11) is 0. The van der Waals surface area contributed by atoms with Gasteiger partial charge in [-0.1, -0.05) is 29.8 Å². The van der Waals surface area contributed by atoms with Crippen LogP contribution in [0.1, 0.15) is 10.4 Å². The Balaban J connectivity index is 1.44. The van der Waals surface area contributed by atoms with Gasteiger partial charge in [-0.05, 0) is 41.8 Å². The van der Waals surface area contributed by atoms with Gasteiger partial charge in [-0.15, -0.1) is 0 Å². The Bertz CT molecular complexity index is 887. The number of benzene rings is 2. The maximum Gasteiger partial charge on any atom is 0.251 e. The van der Waals surface area contributed by atoms with E-state index < -0.39 is 0 Å². The molecule has 0 saturated heterocycles. The lowest BCUT2D eigenvalue weighted by Gasteiger charge is -2.09. The van der Waals surface area contributed by atoms with Gasteiger partial charge in [0.15, 0.2) is 0 Å². The Morgan fingerprint density at radius 2 is 1.72 bits per heavy atom. The Kier molecular flexibility index (Phi) is 5.36. The first-order valence-electron chi connectivity index (χ1n) is 7.98. The number of aromatic nitrogens is 1. The zero-order valence-corrected chi connectivity index (χ0v) is 14.3. The fraction of sp³-hybridized carbons (Fsp3) is 0.158. The van der Waals surface area contributed by atoms with Crippen LogP contribution in [0.2, 0.25) is 5.02 Å². The average Bonchev–Trinajstić information content (AvgIpc) is 3.04. The number of amides is 2. The van der Waals surface area contributed by atoms with E-state index in [1.807, 2.05) is 30.5 Å². The molecule has 128 valence electrons. The molecule has 0 bridgehead atoms. The summed E-state index contributed by atoms with van der Waals surface area (Å²) in [5.74, 6) is -0.526. The number of fused-ring (bicyclic) bond motifs is 1. The van der Waals surface area contributed by atoms with Crippen molar-refractivity contribution in [3.8, 4) is 0 Å². The average molecular weight is 356 g/mol. The quantitative estimate of drug-likeness (QED) is 0.714. The number of carbonyl (C=O) groups excluding carboxylic acids is 2. The van der Waals surface area contributed by atoms with Crippen LogP contribution in [0.15, 0.2) is 60.8 Å². The van der Waals surface area contributed by atoms with Crippen molar-refractivity contribution in [1.82, 2.24) is 15.2 Å². The van der Waals surface area contributed by atoms with E-state index in [-0.39, 0.29) is 18.4 Å². The van der Waals surface area contributed by atoms with Crippen LogP contribution < -0.4 is 10.6 Å². The van der Waals surface area contributed by atoms with Gasteiger partial charge in [0, 0.05) is 35.4 Å². The molecule has 0 aliphatic carbocycles. The van der Waals surface area contributed by atoms with Crippen molar-refractivity contribution >= 4 is 34.3 Å². The topological polar surface area (TPSA) is 63.1 Å². The number of halogens is 1. The summed E-state index contributed by atoms with van der Waals surface area (Å²) in [6.07, 6.45) is 2.00. The molecule has 0 spiro atoms. The first kappa shape index (κ1) is 17.0. The minimum Gasteiger partial charge on any atom is -0.353 e. The van der Waals surface area contributed by atoms with Gasteiger partial charge in [-0.2, -0.15) is 0 Å². The third kappa shape index (κ3) is 4.39. The molecule has 3 rings (SSSR count). The standard InChI is InChI=1S/C19H18ClN3O2/c20-16-7-5-15(6-8-16)19(25)22-13-18(24)21-10-12-23-11-9-14-3-1-2-4-17(14)23/h1-9,11H,10,12-13H2,(H,21,24)(H,22,25). The van der Waals surface area contributed by atoms with Crippen LogP contribution in [0.4, 0.5) is 0 Å². The minimum absolute atomic E-state index is 0.0616. The molecule has 0 fully saturated rings. The number of hydrogen-bond acceptors (Lipinski definition) is 2. The molecular formula is C19H18ClN3O2. The normalized spacial score (nSPS) is 10.6. The van der Waals surface area contributed by atoms with Crippen LogP contribution in [0.5, 0.6) is 0 Å². The van der Waals surface area contributed by atoms with Crippen LogP contribution in [0.25, 0.3) is 10.9 Å². The van der Waals surface area contributed by atoms with Crippen molar-refractivity contribution in [2.24, 2.45) is 0 Å². The fourth-order valence-electron chi connectivity index (χ4n) is 2.58. The highest BCUT2D eigenvalue weighted by Gasteiger charge is 2.08. The third-order valence-corrected chi connectivity index (χ3v) is 4.12. The van der Waals surface area contributed by atoms with E-state index in [4.69, 9.17) is 11.6 Å². The number of para-hydroxylation sites is 1. The minimum atomic E-state index is -0.303. The Hall–Kier alpha value is -2.79. The number of hydrogen-bond donors (Lipinski definition) is 2. The number of carbonyl (C=O) groups is 2. The van der Waals surface area contributed by atoms with Gasteiger partial charge in [0.05, 0.1) is 6.54 Å². The number of nitrogens with zero attached hydrogens (tertiary/aromatic N) is 1. The monoisotopic (exact) mass is 355 g/mol. The van der Waals surface area contributed by atoms with E-state index in [0.29, 0.717) is 23.7 Å². The summed E-state index contributed by atoms with van der Waals surface area (Å²) in [6.45, 7) is 1.10. The van der Waals surface area contributed by atoms with Gasteiger partial charge in [0.1, 0.15) is 0 Å². The molecule has 0 unspecified atom stereocenters.